The Balaban J connectivity index is 2.04. The van der Waals surface area contributed by atoms with Crippen LogP contribution in [-0.4, -0.2) is 6.54 Å². The van der Waals surface area contributed by atoms with Crippen molar-refractivity contribution in [3.8, 4) is 0 Å². The third-order valence-electron chi connectivity index (χ3n) is 3.95. The molecular weight excluding hydrogens is 238 g/mol. The van der Waals surface area contributed by atoms with Crippen molar-refractivity contribution in [2.45, 2.75) is 39.0 Å². The van der Waals surface area contributed by atoms with Crippen molar-refractivity contribution >= 4 is 22.9 Å². The van der Waals surface area contributed by atoms with Crippen molar-refractivity contribution in [3.05, 3.63) is 21.3 Å². The molecular formula is C13H20ClNS. The van der Waals surface area contributed by atoms with E-state index in [1.165, 1.54) is 30.6 Å². The van der Waals surface area contributed by atoms with Gasteiger partial charge in [0.15, 0.2) is 0 Å². The largest absolute Gasteiger partial charge is 0.330 e. The minimum Gasteiger partial charge on any atom is -0.330 e. The van der Waals surface area contributed by atoms with Crippen LogP contribution in [0.4, 0.5) is 0 Å². The molecule has 0 aliphatic heterocycles. The molecule has 2 N–H and O–H groups in total. The lowest BCUT2D eigenvalue weighted by Gasteiger charge is -2.38. The smallest absolute Gasteiger partial charge is 0.0931 e. The second-order valence-electron chi connectivity index (χ2n) is 5.27. The third kappa shape index (κ3) is 2.79. The Kier molecular flexibility index (Phi) is 3.93. The molecule has 1 saturated carbocycles. The third-order valence-corrected chi connectivity index (χ3v) is 5.18. The summed E-state index contributed by atoms with van der Waals surface area (Å²) < 4.78 is 0.895. The van der Waals surface area contributed by atoms with Gasteiger partial charge >= 0.3 is 0 Å². The molecule has 2 rings (SSSR count). The van der Waals surface area contributed by atoms with Gasteiger partial charge in [-0.05, 0) is 49.3 Å². The minimum atomic E-state index is 0.348. The monoisotopic (exact) mass is 257 g/mol. The number of nitrogens with two attached hydrogens (primary N) is 1. The Bertz CT molecular complexity index is 339. The first kappa shape index (κ1) is 12.4. The van der Waals surface area contributed by atoms with Crippen LogP contribution in [-0.2, 0) is 6.42 Å². The van der Waals surface area contributed by atoms with Gasteiger partial charge in [-0.25, -0.2) is 0 Å². The molecule has 0 radical (unpaired) electrons. The first-order valence-electron chi connectivity index (χ1n) is 6.08. The molecule has 0 saturated heterocycles. The zero-order valence-electron chi connectivity index (χ0n) is 9.84. The summed E-state index contributed by atoms with van der Waals surface area (Å²) >= 11 is 7.68. The fourth-order valence-electron chi connectivity index (χ4n) is 2.64. The van der Waals surface area contributed by atoms with Gasteiger partial charge in [0.2, 0.25) is 0 Å². The molecule has 16 heavy (non-hydrogen) atoms. The van der Waals surface area contributed by atoms with Crippen LogP contribution in [0.1, 0.15) is 37.5 Å². The normalized spacial score (nSPS) is 30.6. The summed E-state index contributed by atoms with van der Waals surface area (Å²) in [7, 11) is 0. The standard InChI is InChI=1S/C13H20ClNS/c1-10-4-6-13(9-15,7-5-10)8-11-2-3-12(14)16-11/h2-3,10H,4-9,15H2,1H3. The van der Waals surface area contributed by atoms with E-state index < -0.39 is 0 Å². The first-order valence-corrected chi connectivity index (χ1v) is 7.27. The van der Waals surface area contributed by atoms with Crippen LogP contribution in [0.5, 0.6) is 0 Å². The molecule has 1 fully saturated rings. The highest BCUT2D eigenvalue weighted by Crippen LogP contribution is 2.41. The van der Waals surface area contributed by atoms with E-state index in [2.05, 4.69) is 13.0 Å². The van der Waals surface area contributed by atoms with Gasteiger partial charge < -0.3 is 5.73 Å². The highest BCUT2D eigenvalue weighted by molar-refractivity contribution is 7.16. The van der Waals surface area contributed by atoms with E-state index in [-0.39, 0.29) is 0 Å². The highest BCUT2D eigenvalue weighted by atomic mass is 35.5. The van der Waals surface area contributed by atoms with E-state index in [0.29, 0.717) is 5.41 Å². The van der Waals surface area contributed by atoms with Crippen molar-refractivity contribution in [3.63, 3.8) is 0 Å². The molecule has 3 heteroatoms. The number of hydrogen-bond donors (Lipinski definition) is 1. The molecule has 1 heterocycles. The summed E-state index contributed by atoms with van der Waals surface area (Å²) in [5.74, 6) is 0.881. The van der Waals surface area contributed by atoms with E-state index in [9.17, 15) is 0 Å². The van der Waals surface area contributed by atoms with Gasteiger partial charge in [-0.1, -0.05) is 31.4 Å². The maximum absolute atomic E-state index is 6.01. The van der Waals surface area contributed by atoms with E-state index in [4.69, 9.17) is 17.3 Å². The molecule has 0 aromatic carbocycles. The van der Waals surface area contributed by atoms with Crippen LogP contribution in [0.25, 0.3) is 0 Å². The van der Waals surface area contributed by atoms with Gasteiger partial charge in [0.1, 0.15) is 0 Å². The van der Waals surface area contributed by atoms with Crippen molar-refractivity contribution in [1.29, 1.82) is 0 Å². The molecule has 0 amide bonds. The summed E-state index contributed by atoms with van der Waals surface area (Å²) in [5.41, 5.74) is 6.36. The average Bonchev–Trinajstić information content (AvgIpc) is 2.68. The number of rotatable bonds is 3. The molecule has 1 aromatic rings. The molecule has 0 spiro atoms. The average molecular weight is 258 g/mol. The van der Waals surface area contributed by atoms with E-state index in [1.54, 1.807) is 11.3 Å². The predicted octanol–water partition coefficient (Wildman–Crippen LogP) is 4.10. The van der Waals surface area contributed by atoms with Crippen LogP contribution in [0, 0.1) is 11.3 Å². The highest BCUT2D eigenvalue weighted by Gasteiger charge is 2.33. The molecule has 1 aliphatic carbocycles. The first-order chi connectivity index (χ1) is 7.63. The van der Waals surface area contributed by atoms with E-state index >= 15 is 0 Å². The second kappa shape index (κ2) is 5.07. The van der Waals surface area contributed by atoms with Crippen LogP contribution in [0.15, 0.2) is 12.1 Å². The van der Waals surface area contributed by atoms with Crippen LogP contribution < -0.4 is 5.73 Å². The van der Waals surface area contributed by atoms with E-state index in [0.717, 1.165) is 23.2 Å². The lowest BCUT2D eigenvalue weighted by atomic mass is 9.69. The minimum absolute atomic E-state index is 0.348. The number of halogens is 1. The number of hydrogen-bond acceptors (Lipinski definition) is 2. The predicted molar refractivity (Wildman–Crippen MR) is 72.2 cm³/mol. The van der Waals surface area contributed by atoms with Gasteiger partial charge in [-0.2, -0.15) is 0 Å². The van der Waals surface area contributed by atoms with Crippen molar-refractivity contribution < 1.29 is 0 Å². The van der Waals surface area contributed by atoms with Gasteiger partial charge in [-0.15, -0.1) is 11.3 Å². The second-order valence-corrected chi connectivity index (χ2v) is 7.07. The van der Waals surface area contributed by atoms with Gasteiger partial charge in [0, 0.05) is 4.88 Å². The Morgan fingerprint density at radius 1 is 1.44 bits per heavy atom. The summed E-state index contributed by atoms with van der Waals surface area (Å²) in [6, 6.07) is 4.15. The van der Waals surface area contributed by atoms with Crippen molar-refractivity contribution in [2.24, 2.45) is 17.1 Å². The Hall–Kier alpha value is -0.0500. The topological polar surface area (TPSA) is 26.0 Å². The summed E-state index contributed by atoms with van der Waals surface area (Å²) in [4.78, 5) is 1.39. The Morgan fingerprint density at radius 2 is 2.12 bits per heavy atom. The Morgan fingerprint density at radius 3 is 2.62 bits per heavy atom. The fraction of sp³-hybridized carbons (Fsp3) is 0.692. The zero-order chi connectivity index (χ0) is 11.6. The molecule has 1 aromatic heterocycles. The Labute approximate surface area is 107 Å². The molecule has 90 valence electrons. The molecule has 1 aliphatic rings. The van der Waals surface area contributed by atoms with Gasteiger partial charge in [0.25, 0.3) is 0 Å². The lowest BCUT2D eigenvalue weighted by Crippen LogP contribution is -2.36. The van der Waals surface area contributed by atoms with Crippen LogP contribution in [0.2, 0.25) is 4.34 Å². The van der Waals surface area contributed by atoms with Crippen molar-refractivity contribution in [2.75, 3.05) is 6.54 Å². The maximum Gasteiger partial charge on any atom is 0.0931 e. The maximum atomic E-state index is 6.01. The SMILES string of the molecule is CC1CCC(CN)(Cc2ccc(Cl)s2)CC1. The molecule has 0 unspecified atom stereocenters. The molecule has 0 atom stereocenters. The quantitative estimate of drug-likeness (QED) is 0.867. The fourth-order valence-corrected chi connectivity index (χ4v) is 3.91. The summed E-state index contributed by atoms with van der Waals surface area (Å²) in [6.07, 6.45) is 6.33. The van der Waals surface area contributed by atoms with Gasteiger partial charge in [0.05, 0.1) is 4.34 Å². The zero-order valence-corrected chi connectivity index (χ0v) is 11.4. The molecule has 1 nitrogen and oxygen atoms in total. The molecule has 0 bridgehead atoms. The lowest BCUT2D eigenvalue weighted by molar-refractivity contribution is 0.164. The van der Waals surface area contributed by atoms with Crippen LogP contribution in [0.3, 0.4) is 0 Å². The number of thiophene rings is 1. The van der Waals surface area contributed by atoms with E-state index in [1.807, 2.05) is 6.07 Å². The van der Waals surface area contributed by atoms with Crippen molar-refractivity contribution in [1.82, 2.24) is 0 Å². The van der Waals surface area contributed by atoms with Gasteiger partial charge in [-0.3, -0.25) is 0 Å². The summed E-state index contributed by atoms with van der Waals surface area (Å²) in [5, 5.41) is 0. The summed E-state index contributed by atoms with van der Waals surface area (Å²) in [6.45, 7) is 3.16. The van der Waals surface area contributed by atoms with Crippen LogP contribution >= 0.6 is 22.9 Å².